The van der Waals surface area contributed by atoms with Gasteiger partial charge in [0.15, 0.2) is 6.61 Å². The van der Waals surface area contributed by atoms with Crippen molar-refractivity contribution in [3.05, 3.63) is 109 Å². The monoisotopic (exact) mass is 470 g/mol. The molecule has 0 unspecified atom stereocenters. The first kappa shape index (κ1) is 27.1. The van der Waals surface area contributed by atoms with E-state index in [-0.39, 0.29) is 12.5 Å². The number of aryl methyl sites for hydroxylation is 1. The van der Waals surface area contributed by atoms with Gasteiger partial charge in [0.05, 0.1) is 11.9 Å². The number of nitrogens with zero attached hydrogens (tertiary/aromatic N) is 3. The predicted octanol–water partition coefficient (Wildman–Crippen LogP) is 6.35. The van der Waals surface area contributed by atoms with Gasteiger partial charge >= 0.3 is 0 Å². The van der Waals surface area contributed by atoms with Crippen LogP contribution < -0.4 is 5.43 Å². The highest BCUT2D eigenvalue weighted by Crippen LogP contribution is 2.23. The van der Waals surface area contributed by atoms with E-state index in [9.17, 15) is 4.79 Å². The number of hydrogen-bond donors (Lipinski definition) is 1. The van der Waals surface area contributed by atoms with Crippen molar-refractivity contribution in [2.75, 3.05) is 6.61 Å². The first-order valence-corrected chi connectivity index (χ1v) is 11.7. The second kappa shape index (κ2) is 14.9. The van der Waals surface area contributed by atoms with E-state index in [0.29, 0.717) is 5.76 Å². The molecule has 0 spiro atoms. The van der Waals surface area contributed by atoms with Crippen LogP contribution in [-0.2, 0) is 9.53 Å². The summed E-state index contributed by atoms with van der Waals surface area (Å²) in [6.07, 6.45) is 21.3. The van der Waals surface area contributed by atoms with Gasteiger partial charge in [0.1, 0.15) is 11.5 Å². The fourth-order valence-electron chi connectivity index (χ4n) is 3.00. The molecule has 0 saturated carbocycles. The van der Waals surface area contributed by atoms with Crippen molar-refractivity contribution in [2.45, 2.75) is 34.1 Å². The minimum atomic E-state index is -0.346. The predicted molar refractivity (Wildman–Crippen MR) is 146 cm³/mol. The smallest absolute Gasteiger partial charge is 0.277 e. The van der Waals surface area contributed by atoms with Crippen LogP contribution in [0.25, 0.3) is 17.0 Å². The van der Waals surface area contributed by atoms with E-state index in [0.717, 1.165) is 34.5 Å². The zero-order chi connectivity index (χ0) is 25.5. The largest absolute Gasteiger partial charge is 0.484 e. The Morgan fingerprint density at radius 1 is 1.26 bits per heavy atom. The maximum Gasteiger partial charge on any atom is 0.277 e. The summed E-state index contributed by atoms with van der Waals surface area (Å²) in [4.78, 5) is 12.2. The first-order chi connectivity index (χ1) is 17.1. The van der Waals surface area contributed by atoms with E-state index in [1.807, 2.05) is 107 Å². The second-order valence-electron chi connectivity index (χ2n) is 7.28. The SMILES string of the molecule is C=C/C(=C\C=C/C)n1cc(/C=N/NC(=O)COC2=CCC=CC=C2)c(-c2ccc(C)cc2)n1.CC. The van der Waals surface area contributed by atoms with Crippen molar-refractivity contribution in [1.82, 2.24) is 15.2 Å². The van der Waals surface area contributed by atoms with Crippen LogP contribution in [0.4, 0.5) is 0 Å². The van der Waals surface area contributed by atoms with Crippen molar-refractivity contribution in [2.24, 2.45) is 5.10 Å². The van der Waals surface area contributed by atoms with E-state index < -0.39 is 0 Å². The first-order valence-electron chi connectivity index (χ1n) is 11.7. The van der Waals surface area contributed by atoms with Crippen LogP contribution in [0, 0.1) is 6.92 Å². The van der Waals surface area contributed by atoms with E-state index in [1.165, 1.54) is 0 Å². The number of ether oxygens (including phenoxy) is 1. The molecule has 1 N–H and O–H groups in total. The molecule has 0 saturated heterocycles. The zero-order valence-corrected chi connectivity index (χ0v) is 20.9. The molecular weight excluding hydrogens is 436 g/mol. The number of rotatable bonds is 9. The maximum atomic E-state index is 12.2. The molecule has 6 nitrogen and oxygen atoms in total. The van der Waals surface area contributed by atoms with Gasteiger partial charge < -0.3 is 4.74 Å². The molecule has 1 aliphatic carbocycles. The lowest BCUT2D eigenvalue weighted by Crippen LogP contribution is -2.22. The van der Waals surface area contributed by atoms with Crippen LogP contribution >= 0.6 is 0 Å². The van der Waals surface area contributed by atoms with Gasteiger partial charge in [0.2, 0.25) is 0 Å². The van der Waals surface area contributed by atoms with E-state index >= 15 is 0 Å². The minimum absolute atomic E-state index is 0.121. The van der Waals surface area contributed by atoms with Gasteiger partial charge in [-0.2, -0.15) is 10.2 Å². The highest BCUT2D eigenvalue weighted by atomic mass is 16.5. The number of amides is 1. The molecular formula is C29H34N4O2. The number of hydrogen-bond acceptors (Lipinski definition) is 4. The Kier molecular flexibility index (Phi) is 11.5. The average Bonchev–Trinajstić information content (AvgIpc) is 3.11. The lowest BCUT2D eigenvalue weighted by Gasteiger charge is -2.05. The molecule has 0 fully saturated rings. The Labute approximate surface area is 208 Å². The summed E-state index contributed by atoms with van der Waals surface area (Å²) in [6, 6.07) is 8.09. The topological polar surface area (TPSA) is 68.5 Å². The Morgan fingerprint density at radius 2 is 2.03 bits per heavy atom. The van der Waals surface area contributed by atoms with Gasteiger partial charge in [-0.3, -0.25) is 4.79 Å². The van der Waals surface area contributed by atoms with Crippen LogP contribution in [-0.4, -0.2) is 28.5 Å². The molecule has 6 heteroatoms. The highest BCUT2D eigenvalue weighted by molar-refractivity contribution is 5.90. The van der Waals surface area contributed by atoms with Gasteiger partial charge in [-0.05, 0) is 44.6 Å². The molecule has 182 valence electrons. The fraction of sp³-hybridized carbons (Fsp3) is 0.207. The molecule has 0 aliphatic heterocycles. The summed E-state index contributed by atoms with van der Waals surface area (Å²) in [5.41, 5.74) is 6.95. The van der Waals surface area contributed by atoms with Crippen LogP contribution in [0.5, 0.6) is 0 Å². The number of carbonyl (C=O) groups is 1. The second-order valence-corrected chi connectivity index (χ2v) is 7.28. The molecule has 0 atom stereocenters. The number of benzene rings is 1. The Morgan fingerprint density at radius 3 is 2.74 bits per heavy atom. The van der Waals surface area contributed by atoms with Crippen LogP contribution in [0.1, 0.15) is 38.3 Å². The molecule has 3 rings (SSSR count). The van der Waals surface area contributed by atoms with Gasteiger partial charge in [0.25, 0.3) is 5.91 Å². The van der Waals surface area contributed by atoms with Crippen molar-refractivity contribution >= 4 is 17.8 Å². The van der Waals surface area contributed by atoms with Gasteiger partial charge in [-0.15, -0.1) is 0 Å². The molecule has 1 heterocycles. The Hall–Kier alpha value is -4.19. The normalized spacial score (nSPS) is 13.3. The van der Waals surface area contributed by atoms with E-state index in [2.05, 4.69) is 17.1 Å². The van der Waals surface area contributed by atoms with Gasteiger partial charge in [-0.1, -0.05) is 80.6 Å². The zero-order valence-electron chi connectivity index (χ0n) is 20.9. The van der Waals surface area contributed by atoms with Crippen LogP contribution in [0.15, 0.2) is 103 Å². The molecule has 35 heavy (non-hydrogen) atoms. The third-order valence-corrected chi connectivity index (χ3v) is 4.73. The number of nitrogens with one attached hydrogen (secondary N) is 1. The number of hydrazone groups is 1. The van der Waals surface area contributed by atoms with Crippen molar-refractivity contribution in [1.29, 1.82) is 0 Å². The van der Waals surface area contributed by atoms with Crippen molar-refractivity contribution < 1.29 is 9.53 Å². The standard InChI is InChI=1S/C27H28N4O2.C2H6/c1-4-6-11-24(5-2)31-19-23(27(30-31)22-16-14-21(3)15-17-22)18-28-29-26(32)20-33-25-12-9-7-8-10-13-25;1-2/h4-9,11-19H,2,10,20H2,1,3H3,(H,29,32);1-2H3/b6-4-,24-11+,28-18+;. The molecule has 2 aromatic rings. The molecule has 1 aliphatic rings. The Bertz CT molecular complexity index is 1160. The maximum absolute atomic E-state index is 12.2. The van der Waals surface area contributed by atoms with E-state index in [4.69, 9.17) is 9.84 Å². The summed E-state index contributed by atoms with van der Waals surface area (Å²) < 4.78 is 7.27. The molecule has 1 aromatic heterocycles. The molecule has 1 aromatic carbocycles. The summed E-state index contributed by atoms with van der Waals surface area (Å²) in [6.45, 7) is 11.7. The summed E-state index contributed by atoms with van der Waals surface area (Å²) in [7, 11) is 0. The van der Waals surface area contributed by atoms with Gasteiger partial charge in [0, 0.05) is 17.3 Å². The van der Waals surface area contributed by atoms with Crippen molar-refractivity contribution in [3.63, 3.8) is 0 Å². The van der Waals surface area contributed by atoms with Crippen molar-refractivity contribution in [3.8, 4) is 11.3 Å². The minimum Gasteiger partial charge on any atom is -0.484 e. The van der Waals surface area contributed by atoms with Crippen LogP contribution in [0.2, 0.25) is 0 Å². The molecule has 1 amide bonds. The Balaban J connectivity index is 0.00000210. The van der Waals surface area contributed by atoms with E-state index in [1.54, 1.807) is 17.0 Å². The fourth-order valence-corrected chi connectivity index (χ4v) is 3.00. The third kappa shape index (κ3) is 8.59. The van der Waals surface area contributed by atoms with Gasteiger partial charge in [-0.25, -0.2) is 10.1 Å². The number of carbonyl (C=O) groups excluding carboxylic acids is 1. The molecule has 0 radical (unpaired) electrons. The summed E-state index contributed by atoms with van der Waals surface area (Å²) in [5.74, 6) is 0.314. The number of aromatic nitrogens is 2. The lowest BCUT2D eigenvalue weighted by atomic mass is 10.1. The summed E-state index contributed by atoms with van der Waals surface area (Å²) in [5, 5.41) is 8.85. The van der Waals surface area contributed by atoms with Crippen LogP contribution in [0.3, 0.4) is 0 Å². The quantitative estimate of drug-likeness (QED) is 0.264. The highest BCUT2D eigenvalue weighted by Gasteiger charge is 2.11. The lowest BCUT2D eigenvalue weighted by molar-refractivity contribution is -0.124. The number of allylic oxidation sites excluding steroid dienone is 10. The average molecular weight is 471 g/mol. The third-order valence-electron chi connectivity index (χ3n) is 4.73. The molecule has 0 bridgehead atoms. The summed E-state index contributed by atoms with van der Waals surface area (Å²) >= 11 is 0.